The number of benzene rings is 2. The lowest BCUT2D eigenvalue weighted by molar-refractivity contribution is 0.0940. The van der Waals surface area contributed by atoms with E-state index in [9.17, 15) is 9.18 Å². The third kappa shape index (κ3) is 5.17. The van der Waals surface area contributed by atoms with Crippen LogP contribution in [-0.2, 0) is 0 Å². The summed E-state index contributed by atoms with van der Waals surface area (Å²) in [7, 11) is 0. The molecule has 0 saturated carbocycles. The minimum absolute atomic E-state index is 0.211. The predicted octanol–water partition coefficient (Wildman–Crippen LogP) is 4.89. The van der Waals surface area contributed by atoms with Gasteiger partial charge in [0.05, 0.1) is 6.04 Å². The Labute approximate surface area is 181 Å². The Morgan fingerprint density at radius 2 is 1.68 bits per heavy atom. The van der Waals surface area contributed by atoms with Crippen LogP contribution in [0, 0.1) is 5.82 Å². The molecule has 1 fully saturated rings. The predicted molar refractivity (Wildman–Crippen MR) is 117 cm³/mol. The van der Waals surface area contributed by atoms with Crippen LogP contribution in [0.2, 0.25) is 0 Å². The van der Waals surface area contributed by atoms with Gasteiger partial charge in [-0.25, -0.2) is 14.4 Å². The molecule has 0 unspecified atom stereocenters. The first-order valence-electron chi connectivity index (χ1n) is 10.5. The molecule has 1 saturated heterocycles. The van der Waals surface area contributed by atoms with Gasteiger partial charge in [-0.15, -0.1) is 0 Å². The molecule has 1 aliphatic heterocycles. The van der Waals surface area contributed by atoms with Gasteiger partial charge in [-0.3, -0.25) is 4.79 Å². The van der Waals surface area contributed by atoms with E-state index < -0.39 is 0 Å². The average molecular weight is 420 g/mol. The van der Waals surface area contributed by atoms with Gasteiger partial charge in [-0.2, -0.15) is 0 Å². The van der Waals surface area contributed by atoms with E-state index in [1.54, 1.807) is 48.8 Å². The zero-order valence-corrected chi connectivity index (χ0v) is 17.4. The number of aromatic nitrogens is 2. The van der Waals surface area contributed by atoms with Crippen LogP contribution in [0.3, 0.4) is 0 Å². The van der Waals surface area contributed by atoms with Crippen molar-refractivity contribution in [3.05, 3.63) is 77.9 Å². The number of hydrogen-bond donors (Lipinski definition) is 1. The molecular formula is C24H25FN4O2. The van der Waals surface area contributed by atoms with Crippen LogP contribution in [0.4, 0.5) is 10.2 Å². The largest absolute Gasteiger partial charge is 0.436 e. The maximum Gasteiger partial charge on any atom is 0.263 e. The first kappa shape index (κ1) is 20.8. The summed E-state index contributed by atoms with van der Waals surface area (Å²) in [5.74, 6) is 1.28. The lowest BCUT2D eigenvalue weighted by Crippen LogP contribution is -2.30. The number of halogens is 1. The first-order valence-corrected chi connectivity index (χ1v) is 10.5. The number of ether oxygens (including phenoxy) is 1. The molecule has 1 aliphatic rings. The van der Waals surface area contributed by atoms with Gasteiger partial charge in [0.25, 0.3) is 11.8 Å². The number of anilines is 1. The quantitative estimate of drug-likeness (QED) is 0.615. The fourth-order valence-corrected chi connectivity index (χ4v) is 3.61. The summed E-state index contributed by atoms with van der Waals surface area (Å²) in [6.07, 6.45) is 6.79. The number of piperidine rings is 1. The lowest BCUT2D eigenvalue weighted by Gasteiger charge is -2.28. The molecule has 0 bridgehead atoms. The molecule has 3 aromatic rings. The van der Waals surface area contributed by atoms with E-state index in [1.807, 2.05) is 6.92 Å². The van der Waals surface area contributed by atoms with Crippen molar-refractivity contribution in [3.63, 3.8) is 0 Å². The van der Waals surface area contributed by atoms with Gasteiger partial charge < -0.3 is 15.0 Å². The number of rotatable bonds is 6. The molecule has 2 aromatic carbocycles. The molecular weight excluding hydrogens is 395 g/mol. The molecule has 1 aromatic heterocycles. The topological polar surface area (TPSA) is 67.3 Å². The van der Waals surface area contributed by atoms with Gasteiger partial charge in [0.15, 0.2) is 5.82 Å². The highest BCUT2D eigenvalue weighted by Crippen LogP contribution is 2.30. The van der Waals surface area contributed by atoms with Crippen molar-refractivity contribution in [1.29, 1.82) is 0 Å². The summed E-state index contributed by atoms with van der Waals surface area (Å²) >= 11 is 0. The standard InChI is InChI=1S/C24H25FN4O2/c1-17(18-5-9-20(25)10-6-18)28-23(30)19-7-11-21(12-8-19)31-24-22(26-13-14-27-24)29-15-3-2-4-16-29/h5-14,17H,2-4,15-16H2,1H3,(H,28,30)/t17-/m0/s1. The van der Waals surface area contributed by atoms with Crippen LogP contribution in [0.25, 0.3) is 0 Å². The van der Waals surface area contributed by atoms with Crippen molar-refractivity contribution in [2.24, 2.45) is 0 Å². The summed E-state index contributed by atoms with van der Waals surface area (Å²) in [6.45, 7) is 3.75. The Morgan fingerprint density at radius 3 is 2.39 bits per heavy atom. The second-order valence-electron chi connectivity index (χ2n) is 7.61. The van der Waals surface area contributed by atoms with E-state index in [0.29, 0.717) is 17.2 Å². The highest BCUT2D eigenvalue weighted by Gasteiger charge is 2.18. The van der Waals surface area contributed by atoms with E-state index in [1.165, 1.54) is 18.6 Å². The average Bonchev–Trinajstić information content (AvgIpc) is 2.81. The summed E-state index contributed by atoms with van der Waals surface area (Å²) in [6, 6.07) is 12.8. The monoisotopic (exact) mass is 420 g/mol. The number of hydrogen-bond acceptors (Lipinski definition) is 5. The van der Waals surface area contributed by atoms with E-state index >= 15 is 0 Å². The van der Waals surface area contributed by atoms with Crippen molar-refractivity contribution >= 4 is 11.7 Å². The van der Waals surface area contributed by atoms with Crippen LogP contribution >= 0.6 is 0 Å². The van der Waals surface area contributed by atoms with Crippen molar-refractivity contribution in [2.75, 3.05) is 18.0 Å². The van der Waals surface area contributed by atoms with Crippen LogP contribution in [0.5, 0.6) is 11.6 Å². The van der Waals surface area contributed by atoms with Gasteiger partial charge >= 0.3 is 0 Å². The fourth-order valence-electron chi connectivity index (χ4n) is 3.61. The van der Waals surface area contributed by atoms with Gasteiger partial charge in [0, 0.05) is 31.0 Å². The Balaban J connectivity index is 1.41. The number of nitrogens with one attached hydrogen (secondary N) is 1. The Kier molecular flexibility index (Phi) is 6.40. The van der Waals surface area contributed by atoms with E-state index in [2.05, 4.69) is 20.2 Å². The summed E-state index contributed by atoms with van der Waals surface area (Å²) in [4.78, 5) is 23.6. The molecule has 0 aliphatic carbocycles. The van der Waals surface area contributed by atoms with Crippen LogP contribution in [-0.4, -0.2) is 29.0 Å². The van der Waals surface area contributed by atoms with E-state index in [4.69, 9.17) is 4.74 Å². The molecule has 4 rings (SSSR count). The third-order valence-electron chi connectivity index (χ3n) is 5.35. The van der Waals surface area contributed by atoms with Gasteiger partial charge in [0.2, 0.25) is 0 Å². The van der Waals surface area contributed by atoms with E-state index in [-0.39, 0.29) is 17.8 Å². The Hall–Kier alpha value is -3.48. The normalized spacial score (nSPS) is 14.7. The molecule has 2 heterocycles. The maximum atomic E-state index is 13.1. The van der Waals surface area contributed by atoms with Gasteiger partial charge in [-0.05, 0) is 68.1 Å². The molecule has 0 spiro atoms. The minimum Gasteiger partial charge on any atom is -0.436 e. The number of amides is 1. The second kappa shape index (κ2) is 9.55. The summed E-state index contributed by atoms with van der Waals surface area (Å²) in [5.41, 5.74) is 1.35. The first-order chi connectivity index (χ1) is 15.1. The maximum absolute atomic E-state index is 13.1. The molecule has 6 nitrogen and oxygen atoms in total. The van der Waals surface area contributed by atoms with Crippen molar-refractivity contribution in [1.82, 2.24) is 15.3 Å². The fraction of sp³-hybridized carbons (Fsp3) is 0.292. The molecule has 1 N–H and O–H groups in total. The number of carbonyl (C=O) groups is 1. The summed E-state index contributed by atoms with van der Waals surface area (Å²) < 4.78 is 19.1. The number of nitrogens with zero attached hydrogens (tertiary/aromatic N) is 3. The van der Waals surface area contributed by atoms with Crippen molar-refractivity contribution < 1.29 is 13.9 Å². The smallest absolute Gasteiger partial charge is 0.263 e. The zero-order valence-electron chi connectivity index (χ0n) is 17.4. The van der Waals surface area contributed by atoms with Crippen molar-refractivity contribution in [2.45, 2.75) is 32.2 Å². The Morgan fingerprint density at radius 1 is 1.00 bits per heavy atom. The number of carbonyl (C=O) groups excluding carboxylic acids is 1. The van der Waals surface area contributed by atoms with Gasteiger partial charge in [-0.1, -0.05) is 12.1 Å². The Bertz CT molecular complexity index is 1020. The zero-order chi connectivity index (χ0) is 21.6. The molecule has 1 amide bonds. The van der Waals surface area contributed by atoms with Crippen LogP contribution < -0.4 is 15.0 Å². The summed E-state index contributed by atoms with van der Waals surface area (Å²) in [5, 5.41) is 2.92. The minimum atomic E-state index is -0.301. The second-order valence-corrected chi connectivity index (χ2v) is 7.61. The van der Waals surface area contributed by atoms with Crippen LogP contribution in [0.1, 0.15) is 48.1 Å². The SMILES string of the molecule is C[C@H](NC(=O)c1ccc(Oc2nccnc2N2CCCCC2)cc1)c1ccc(F)cc1. The van der Waals surface area contributed by atoms with Crippen LogP contribution in [0.15, 0.2) is 60.9 Å². The third-order valence-corrected chi connectivity index (χ3v) is 5.35. The molecule has 31 heavy (non-hydrogen) atoms. The van der Waals surface area contributed by atoms with Gasteiger partial charge in [0.1, 0.15) is 11.6 Å². The molecule has 0 radical (unpaired) electrons. The van der Waals surface area contributed by atoms with Crippen molar-refractivity contribution in [3.8, 4) is 11.6 Å². The molecule has 160 valence electrons. The molecule has 1 atom stereocenters. The highest BCUT2D eigenvalue weighted by atomic mass is 19.1. The molecule has 7 heteroatoms. The van der Waals surface area contributed by atoms with E-state index in [0.717, 1.165) is 37.3 Å². The lowest BCUT2D eigenvalue weighted by atomic mass is 10.1. The highest BCUT2D eigenvalue weighted by molar-refractivity contribution is 5.94.